The number of aryl methyl sites for hydroxylation is 1. The van der Waals surface area contributed by atoms with Crippen LogP contribution in [0.3, 0.4) is 0 Å². The quantitative estimate of drug-likeness (QED) is 0.862. The molecule has 22 heavy (non-hydrogen) atoms. The molecule has 1 saturated heterocycles. The van der Waals surface area contributed by atoms with Crippen LogP contribution < -0.4 is 5.32 Å². The maximum Gasteiger partial charge on any atom is 0.269 e. The minimum absolute atomic E-state index is 0.0452. The van der Waals surface area contributed by atoms with E-state index >= 15 is 0 Å². The fourth-order valence-corrected chi connectivity index (χ4v) is 2.71. The molecule has 0 radical (unpaired) electrons. The maximum atomic E-state index is 13.7. The van der Waals surface area contributed by atoms with Crippen molar-refractivity contribution in [3.8, 4) is 0 Å². The van der Waals surface area contributed by atoms with Crippen LogP contribution in [0.1, 0.15) is 28.2 Å². The number of aromatic nitrogens is 3. The number of hydrogen-bond donors (Lipinski definition) is 2. The first-order valence-electron chi connectivity index (χ1n) is 7.19. The van der Waals surface area contributed by atoms with E-state index in [2.05, 4.69) is 20.7 Å². The SMILES string of the molecule is Cc1oncc1CN1C[C@@H](F)C[C@H]1CNC(=O)c1ccn[nH]1. The number of likely N-dealkylation sites (tertiary alicyclic amines) is 1. The molecule has 2 atom stereocenters. The van der Waals surface area contributed by atoms with E-state index in [1.54, 1.807) is 12.3 Å². The Morgan fingerprint density at radius 2 is 2.50 bits per heavy atom. The third kappa shape index (κ3) is 3.16. The van der Waals surface area contributed by atoms with Gasteiger partial charge in [-0.2, -0.15) is 5.10 Å². The molecule has 7 nitrogen and oxygen atoms in total. The molecule has 1 fully saturated rings. The maximum absolute atomic E-state index is 13.7. The summed E-state index contributed by atoms with van der Waals surface area (Å²) in [6, 6.07) is 1.55. The minimum atomic E-state index is -0.880. The van der Waals surface area contributed by atoms with E-state index in [0.717, 1.165) is 11.3 Å². The Hall–Kier alpha value is -2.22. The van der Waals surface area contributed by atoms with E-state index in [1.165, 1.54) is 6.20 Å². The van der Waals surface area contributed by atoms with Gasteiger partial charge >= 0.3 is 0 Å². The summed E-state index contributed by atoms with van der Waals surface area (Å²) in [6.45, 7) is 3.15. The average Bonchev–Trinajstić information content (AvgIpc) is 3.20. The third-order valence-corrected chi connectivity index (χ3v) is 3.94. The van der Waals surface area contributed by atoms with Crippen LogP contribution in [0.15, 0.2) is 23.0 Å². The van der Waals surface area contributed by atoms with Gasteiger partial charge in [0.1, 0.15) is 17.6 Å². The van der Waals surface area contributed by atoms with Crippen LogP contribution in [-0.4, -0.2) is 51.5 Å². The van der Waals surface area contributed by atoms with E-state index in [-0.39, 0.29) is 11.9 Å². The van der Waals surface area contributed by atoms with Crippen molar-refractivity contribution in [3.63, 3.8) is 0 Å². The molecule has 0 saturated carbocycles. The number of carbonyl (C=O) groups excluding carboxylic acids is 1. The summed E-state index contributed by atoms with van der Waals surface area (Å²) < 4.78 is 18.8. The third-order valence-electron chi connectivity index (χ3n) is 3.94. The largest absolute Gasteiger partial charge is 0.361 e. The highest BCUT2D eigenvalue weighted by Crippen LogP contribution is 2.23. The van der Waals surface area contributed by atoms with Crippen LogP contribution in [0.25, 0.3) is 0 Å². The summed E-state index contributed by atoms with van der Waals surface area (Å²) in [6.07, 6.45) is 2.70. The molecule has 8 heteroatoms. The Morgan fingerprint density at radius 3 is 3.18 bits per heavy atom. The minimum Gasteiger partial charge on any atom is -0.361 e. The van der Waals surface area contributed by atoms with Crippen LogP contribution in [0.5, 0.6) is 0 Å². The van der Waals surface area contributed by atoms with Gasteiger partial charge in [-0.05, 0) is 19.4 Å². The van der Waals surface area contributed by atoms with Crippen molar-refractivity contribution in [3.05, 3.63) is 35.5 Å². The van der Waals surface area contributed by atoms with Crippen molar-refractivity contribution in [2.45, 2.75) is 32.1 Å². The van der Waals surface area contributed by atoms with Crippen LogP contribution in [0.2, 0.25) is 0 Å². The molecule has 0 spiro atoms. The Morgan fingerprint density at radius 1 is 1.64 bits per heavy atom. The van der Waals surface area contributed by atoms with Gasteiger partial charge in [-0.15, -0.1) is 0 Å². The number of amides is 1. The van der Waals surface area contributed by atoms with E-state index in [1.807, 2.05) is 11.8 Å². The van der Waals surface area contributed by atoms with Crippen molar-refractivity contribution in [2.24, 2.45) is 0 Å². The van der Waals surface area contributed by atoms with Crippen molar-refractivity contribution in [1.29, 1.82) is 0 Å². The zero-order chi connectivity index (χ0) is 15.5. The number of nitrogens with one attached hydrogen (secondary N) is 2. The number of rotatable bonds is 5. The summed E-state index contributed by atoms with van der Waals surface area (Å²) in [7, 11) is 0. The highest BCUT2D eigenvalue weighted by molar-refractivity contribution is 5.92. The Kier molecular flexibility index (Phi) is 4.19. The molecule has 118 valence electrons. The summed E-state index contributed by atoms with van der Waals surface area (Å²) >= 11 is 0. The van der Waals surface area contributed by atoms with E-state index in [4.69, 9.17) is 4.52 Å². The Balaban J connectivity index is 1.59. The highest BCUT2D eigenvalue weighted by atomic mass is 19.1. The molecule has 2 aromatic heterocycles. The zero-order valence-corrected chi connectivity index (χ0v) is 12.3. The predicted octanol–water partition coefficient (Wildman–Crippen LogP) is 1.05. The monoisotopic (exact) mass is 307 g/mol. The van der Waals surface area contributed by atoms with Gasteiger partial charge in [-0.3, -0.25) is 14.8 Å². The average molecular weight is 307 g/mol. The van der Waals surface area contributed by atoms with Gasteiger partial charge in [0.15, 0.2) is 0 Å². The number of hydrogen-bond acceptors (Lipinski definition) is 5. The molecule has 0 bridgehead atoms. The molecule has 1 amide bonds. The fourth-order valence-electron chi connectivity index (χ4n) is 2.71. The number of nitrogens with zero attached hydrogens (tertiary/aromatic N) is 3. The van der Waals surface area contributed by atoms with Gasteiger partial charge in [0, 0.05) is 37.4 Å². The van der Waals surface area contributed by atoms with E-state index < -0.39 is 6.17 Å². The number of aromatic amines is 1. The second-order valence-corrected chi connectivity index (χ2v) is 5.50. The normalized spacial score (nSPS) is 22.1. The molecule has 2 N–H and O–H groups in total. The van der Waals surface area contributed by atoms with Crippen molar-refractivity contribution in [2.75, 3.05) is 13.1 Å². The van der Waals surface area contributed by atoms with E-state index in [9.17, 15) is 9.18 Å². The lowest BCUT2D eigenvalue weighted by atomic mass is 10.2. The molecule has 2 aromatic rings. The van der Waals surface area contributed by atoms with Gasteiger partial charge < -0.3 is 9.84 Å². The Bertz CT molecular complexity index is 627. The summed E-state index contributed by atoms with van der Waals surface area (Å²) in [5.41, 5.74) is 1.34. The van der Waals surface area contributed by atoms with Crippen LogP contribution in [0.4, 0.5) is 4.39 Å². The number of carbonyl (C=O) groups is 1. The van der Waals surface area contributed by atoms with Gasteiger partial charge in [-0.25, -0.2) is 4.39 Å². The standard InChI is InChI=1S/C14H18FN5O2/c1-9-10(5-18-22-9)7-20-8-11(15)4-12(20)6-16-14(21)13-2-3-17-19-13/h2-3,5,11-12H,4,6-8H2,1H3,(H,16,21)(H,17,19)/t11-,12-/m0/s1. The Labute approximate surface area is 126 Å². The van der Waals surface area contributed by atoms with Gasteiger partial charge in [-0.1, -0.05) is 5.16 Å². The summed E-state index contributed by atoms with van der Waals surface area (Å²) in [5, 5.41) is 12.9. The first kappa shape index (κ1) is 14.7. The summed E-state index contributed by atoms with van der Waals surface area (Å²) in [5.74, 6) is 0.503. The second kappa shape index (κ2) is 6.27. The molecule has 1 aliphatic rings. The molecule has 0 aliphatic carbocycles. The van der Waals surface area contributed by atoms with Crippen molar-refractivity contribution in [1.82, 2.24) is 25.6 Å². The van der Waals surface area contributed by atoms with Crippen molar-refractivity contribution < 1.29 is 13.7 Å². The molecule has 3 heterocycles. The van der Waals surface area contributed by atoms with Gasteiger partial charge in [0.2, 0.25) is 0 Å². The summed E-state index contributed by atoms with van der Waals surface area (Å²) in [4.78, 5) is 13.9. The number of H-pyrrole nitrogens is 1. The molecule has 3 rings (SSSR count). The molecular formula is C14H18FN5O2. The lowest BCUT2D eigenvalue weighted by Crippen LogP contribution is -2.40. The molecule has 0 aromatic carbocycles. The lowest BCUT2D eigenvalue weighted by Gasteiger charge is -2.23. The first-order valence-corrected chi connectivity index (χ1v) is 7.19. The van der Waals surface area contributed by atoms with Crippen molar-refractivity contribution >= 4 is 5.91 Å². The van der Waals surface area contributed by atoms with Crippen LogP contribution in [-0.2, 0) is 6.54 Å². The molecule has 1 aliphatic heterocycles. The van der Waals surface area contributed by atoms with Crippen LogP contribution >= 0.6 is 0 Å². The lowest BCUT2D eigenvalue weighted by molar-refractivity contribution is 0.0934. The highest BCUT2D eigenvalue weighted by Gasteiger charge is 2.32. The number of alkyl halides is 1. The molecular weight excluding hydrogens is 289 g/mol. The van der Waals surface area contributed by atoms with Gasteiger partial charge in [0.25, 0.3) is 5.91 Å². The van der Waals surface area contributed by atoms with E-state index in [0.29, 0.717) is 31.7 Å². The fraction of sp³-hybridized carbons (Fsp3) is 0.500. The first-order chi connectivity index (χ1) is 10.6. The zero-order valence-electron chi connectivity index (χ0n) is 12.3. The topological polar surface area (TPSA) is 87.1 Å². The predicted molar refractivity (Wildman–Crippen MR) is 75.9 cm³/mol. The van der Waals surface area contributed by atoms with Gasteiger partial charge in [0.05, 0.1) is 6.20 Å². The smallest absolute Gasteiger partial charge is 0.269 e. The second-order valence-electron chi connectivity index (χ2n) is 5.50. The number of halogens is 1. The van der Waals surface area contributed by atoms with Crippen LogP contribution in [0, 0.1) is 6.92 Å². The molecule has 0 unspecified atom stereocenters.